The van der Waals surface area contributed by atoms with Crippen molar-refractivity contribution in [3.8, 4) is 0 Å². The second-order valence-electron chi connectivity index (χ2n) is 6.02. The molecule has 0 aliphatic heterocycles. The molecule has 1 aromatic heterocycles. The quantitative estimate of drug-likeness (QED) is 0.821. The molecule has 0 radical (unpaired) electrons. The van der Waals surface area contributed by atoms with E-state index in [1.807, 2.05) is 26.8 Å². The minimum absolute atomic E-state index is 0.0590. The number of nitrogens with two attached hydrogens (primary N) is 1. The number of nitrogens with zero attached hydrogens (tertiary/aromatic N) is 1. The van der Waals surface area contributed by atoms with Gasteiger partial charge in [-0.1, -0.05) is 26.8 Å². The fourth-order valence-corrected chi connectivity index (χ4v) is 2.85. The van der Waals surface area contributed by atoms with Gasteiger partial charge in [0.2, 0.25) is 0 Å². The number of aryl methyl sites for hydroxylation is 1. The maximum absolute atomic E-state index is 10.9. The van der Waals surface area contributed by atoms with Crippen molar-refractivity contribution in [1.29, 1.82) is 0 Å². The zero-order valence-electron chi connectivity index (χ0n) is 10.9. The number of hydrogen-bond donors (Lipinski definition) is 2. The van der Waals surface area contributed by atoms with Crippen molar-refractivity contribution in [2.24, 2.45) is 11.1 Å². The van der Waals surface area contributed by atoms with Gasteiger partial charge in [0.25, 0.3) is 0 Å². The largest absolute Gasteiger partial charge is 0.387 e. The molecule has 1 heterocycles. The van der Waals surface area contributed by atoms with Gasteiger partial charge in [0.15, 0.2) is 0 Å². The average molecular weight is 234 g/mol. The summed E-state index contributed by atoms with van der Waals surface area (Å²) in [6, 6.07) is 4.06. The molecule has 94 valence electrons. The maximum atomic E-state index is 10.9. The van der Waals surface area contributed by atoms with Crippen LogP contribution in [0.4, 0.5) is 0 Å². The highest BCUT2D eigenvalue weighted by Gasteiger charge is 2.48. The van der Waals surface area contributed by atoms with Gasteiger partial charge in [0, 0.05) is 24.4 Å². The van der Waals surface area contributed by atoms with Crippen molar-refractivity contribution in [2.75, 3.05) is 6.54 Å². The Morgan fingerprint density at radius 2 is 2.18 bits per heavy atom. The first kappa shape index (κ1) is 12.5. The summed E-state index contributed by atoms with van der Waals surface area (Å²) < 4.78 is 0. The Labute approximate surface area is 103 Å². The molecule has 2 unspecified atom stereocenters. The molecule has 0 aromatic carbocycles. The fourth-order valence-electron chi connectivity index (χ4n) is 2.85. The van der Waals surface area contributed by atoms with Crippen LogP contribution >= 0.6 is 0 Å². The zero-order chi connectivity index (χ0) is 12.7. The molecule has 0 spiro atoms. The van der Waals surface area contributed by atoms with Gasteiger partial charge in [0.05, 0.1) is 5.60 Å². The smallest absolute Gasteiger partial charge is 0.0900 e. The lowest BCUT2D eigenvalue weighted by molar-refractivity contribution is -0.0727. The Morgan fingerprint density at radius 1 is 1.47 bits per heavy atom. The van der Waals surface area contributed by atoms with Gasteiger partial charge in [-0.25, -0.2) is 0 Å². The van der Waals surface area contributed by atoms with Crippen LogP contribution in [-0.4, -0.2) is 22.2 Å². The molecular weight excluding hydrogens is 212 g/mol. The maximum Gasteiger partial charge on any atom is 0.0900 e. The Bertz CT molecular complexity index is 411. The molecule has 0 saturated heterocycles. The van der Waals surface area contributed by atoms with Gasteiger partial charge in [-0.15, -0.1) is 0 Å². The summed E-state index contributed by atoms with van der Waals surface area (Å²) in [5.74, 6) is 0.0590. The van der Waals surface area contributed by atoms with E-state index in [-0.39, 0.29) is 17.9 Å². The lowest BCUT2D eigenvalue weighted by Crippen LogP contribution is -2.53. The van der Waals surface area contributed by atoms with Crippen LogP contribution in [0, 0.1) is 5.41 Å². The van der Waals surface area contributed by atoms with Gasteiger partial charge in [-0.3, -0.25) is 4.98 Å². The number of hydrogen-bond acceptors (Lipinski definition) is 3. The predicted octanol–water partition coefficient (Wildman–Crippen LogP) is 1.85. The van der Waals surface area contributed by atoms with E-state index in [0.717, 1.165) is 18.5 Å². The average Bonchev–Trinajstić information content (AvgIpc) is 2.70. The van der Waals surface area contributed by atoms with Crippen molar-refractivity contribution < 1.29 is 5.11 Å². The predicted molar refractivity (Wildman–Crippen MR) is 68.8 cm³/mol. The molecule has 0 fully saturated rings. The first-order valence-electron chi connectivity index (χ1n) is 6.26. The molecule has 0 amide bonds. The topological polar surface area (TPSA) is 59.1 Å². The Balaban J connectivity index is 2.42. The van der Waals surface area contributed by atoms with E-state index in [2.05, 4.69) is 11.1 Å². The summed E-state index contributed by atoms with van der Waals surface area (Å²) in [7, 11) is 0. The van der Waals surface area contributed by atoms with Gasteiger partial charge in [-0.2, -0.15) is 0 Å². The molecule has 0 bridgehead atoms. The summed E-state index contributed by atoms with van der Waals surface area (Å²) in [6.07, 6.45) is 3.74. The second kappa shape index (κ2) is 4.07. The Kier molecular flexibility index (Phi) is 3.00. The Morgan fingerprint density at radius 3 is 2.76 bits per heavy atom. The summed E-state index contributed by atoms with van der Waals surface area (Å²) in [5, 5.41) is 10.9. The van der Waals surface area contributed by atoms with Crippen LogP contribution in [0.3, 0.4) is 0 Å². The number of rotatable bonds is 2. The first-order chi connectivity index (χ1) is 7.90. The molecule has 0 saturated carbocycles. The first-order valence-corrected chi connectivity index (χ1v) is 6.26. The summed E-state index contributed by atoms with van der Waals surface area (Å²) >= 11 is 0. The molecule has 3 N–H and O–H groups in total. The van der Waals surface area contributed by atoms with Crippen LogP contribution in [0.1, 0.15) is 44.4 Å². The normalized spacial score (nSPS) is 23.2. The van der Waals surface area contributed by atoms with Crippen molar-refractivity contribution >= 4 is 0 Å². The highest BCUT2D eigenvalue weighted by molar-refractivity contribution is 5.32. The lowest BCUT2D eigenvalue weighted by atomic mass is 9.68. The third kappa shape index (κ3) is 1.87. The molecule has 3 heteroatoms. The molecule has 2 atom stereocenters. The molecule has 17 heavy (non-hydrogen) atoms. The van der Waals surface area contributed by atoms with Gasteiger partial charge in [0.1, 0.15) is 0 Å². The van der Waals surface area contributed by atoms with Crippen LogP contribution < -0.4 is 5.73 Å². The lowest BCUT2D eigenvalue weighted by Gasteiger charge is -2.44. The highest BCUT2D eigenvalue weighted by atomic mass is 16.3. The number of fused-ring (bicyclic) bond motifs is 1. The van der Waals surface area contributed by atoms with Crippen LogP contribution in [0.15, 0.2) is 18.3 Å². The van der Waals surface area contributed by atoms with E-state index in [1.165, 1.54) is 5.56 Å². The summed E-state index contributed by atoms with van der Waals surface area (Å²) in [6.45, 7) is 6.40. The number of aromatic nitrogens is 1. The van der Waals surface area contributed by atoms with Gasteiger partial charge < -0.3 is 10.8 Å². The minimum Gasteiger partial charge on any atom is -0.387 e. The standard InChI is InChI=1S/C14H22N2O/c1-13(2,3)14(17,9-15)11-7-6-10-5-4-8-16-12(10)11/h4-5,8,11,17H,6-7,9,15H2,1-3H3. The van der Waals surface area contributed by atoms with E-state index in [4.69, 9.17) is 5.73 Å². The van der Waals surface area contributed by atoms with Crippen molar-refractivity contribution in [3.05, 3.63) is 29.6 Å². The zero-order valence-corrected chi connectivity index (χ0v) is 10.9. The number of aliphatic hydroxyl groups is 1. The van der Waals surface area contributed by atoms with Crippen LogP contribution in [0.25, 0.3) is 0 Å². The van der Waals surface area contributed by atoms with Crippen LogP contribution in [0.5, 0.6) is 0 Å². The second-order valence-corrected chi connectivity index (χ2v) is 6.02. The molecule has 1 aliphatic rings. The van der Waals surface area contributed by atoms with Crippen molar-refractivity contribution in [1.82, 2.24) is 4.98 Å². The van der Waals surface area contributed by atoms with Crippen molar-refractivity contribution in [2.45, 2.75) is 45.1 Å². The molecule has 1 aromatic rings. The van der Waals surface area contributed by atoms with E-state index >= 15 is 0 Å². The monoisotopic (exact) mass is 234 g/mol. The molecule has 3 nitrogen and oxygen atoms in total. The third-order valence-electron chi connectivity index (χ3n) is 4.14. The SMILES string of the molecule is CC(C)(C)C(O)(CN)C1CCc2cccnc21. The highest BCUT2D eigenvalue weighted by Crippen LogP contribution is 2.46. The third-order valence-corrected chi connectivity index (χ3v) is 4.14. The Hall–Kier alpha value is -0.930. The van der Waals surface area contributed by atoms with E-state index in [1.54, 1.807) is 6.20 Å². The van der Waals surface area contributed by atoms with E-state index < -0.39 is 5.60 Å². The molecule has 1 aliphatic carbocycles. The molecular formula is C14H22N2O. The molecule has 2 rings (SSSR count). The van der Waals surface area contributed by atoms with Crippen LogP contribution in [-0.2, 0) is 6.42 Å². The minimum atomic E-state index is -0.882. The number of pyridine rings is 1. The summed E-state index contributed by atoms with van der Waals surface area (Å²) in [5.41, 5.74) is 7.02. The van der Waals surface area contributed by atoms with Crippen LogP contribution in [0.2, 0.25) is 0 Å². The summed E-state index contributed by atoms with van der Waals surface area (Å²) in [4.78, 5) is 4.45. The van der Waals surface area contributed by atoms with Gasteiger partial charge in [-0.05, 0) is 29.9 Å². The van der Waals surface area contributed by atoms with E-state index in [0.29, 0.717) is 0 Å². The van der Waals surface area contributed by atoms with Gasteiger partial charge >= 0.3 is 0 Å². The van der Waals surface area contributed by atoms with E-state index in [9.17, 15) is 5.11 Å². The van der Waals surface area contributed by atoms with Crippen molar-refractivity contribution in [3.63, 3.8) is 0 Å². The fraction of sp³-hybridized carbons (Fsp3) is 0.643.